The summed E-state index contributed by atoms with van der Waals surface area (Å²) in [6, 6.07) is 0. The molecule has 64 valence electrons. The lowest BCUT2D eigenvalue weighted by molar-refractivity contribution is -0.118. The van der Waals surface area contributed by atoms with Crippen molar-refractivity contribution in [2.45, 2.75) is 6.42 Å². The molecule has 5 heteroatoms. The van der Waals surface area contributed by atoms with E-state index in [2.05, 4.69) is 0 Å². The van der Waals surface area contributed by atoms with Crippen molar-refractivity contribution in [3.63, 3.8) is 0 Å². The highest BCUT2D eigenvalue weighted by Gasteiger charge is 2.33. The SMILES string of the molecule is NCC(=O)CC1CS(=O)(=O)C1. The van der Waals surface area contributed by atoms with Crippen LogP contribution in [0.5, 0.6) is 0 Å². The molecule has 1 aliphatic rings. The van der Waals surface area contributed by atoms with Gasteiger partial charge in [0.05, 0.1) is 18.1 Å². The van der Waals surface area contributed by atoms with E-state index >= 15 is 0 Å². The summed E-state index contributed by atoms with van der Waals surface area (Å²) in [5.74, 6) is 0.318. The Morgan fingerprint density at radius 3 is 2.36 bits per heavy atom. The van der Waals surface area contributed by atoms with Gasteiger partial charge in [0, 0.05) is 6.42 Å². The van der Waals surface area contributed by atoms with Crippen LogP contribution in [-0.4, -0.2) is 32.3 Å². The van der Waals surface area contributed by atoms with Gasteiger partial charge in [-0.15, -0.1) is 0 Å². The molecule has 1 heterocycles. The molecule has 0 aromatic heterocycles. The molecule has 0 amide bonds. The van der Waals surface area contributed by atoms with Crippen LogP contribution in [0.3, 0.4) is 0 Å². The first-order valence-electron chi connectivity index (χ1n) is 3.45. The molecule has 2 N–H and O–H groups in total. The molecule has 0 aromatic carbocycles. The van der Waals surface area contributed by atoms with Gasteiger partial charge in [0.25, 0.3) is 0 Å². The maximum absolute atomic E-state index is 10.7. The Morgan fingerprint density at radius 1 is 1.45 bits per heavy atom. The highest BCUT2D eigenvalue weighted by atomic mass is 32.2. The molecule has 1 rings (SSSR count). The molecule has 4 nitrogen and oxygen atoms in total. The van der Waals surface area contributed by atoms with Crippen LogP contribution in [0.15, 0.2) is 0 Å². The molecule has 1 fully saturated rings. The number of ketones is 1. The Hall–Kier alpha value is -0.420. The minimum Gasteiger partial charge on any atom is -0.324 e. The van der Waals surface area contributed by atoms with Gasteiger partial charge in [0.1, 0.15) is 5.78 Å². The zero-order valence-electron chi connectivity index (χ0n) is 6.12. The summed E-state index contributed by atoms with van der Waals surface area (Å²) in [6.45, 7) is 0.0244. The standard InChI is InChI=1S/C6H11NO3S/c7-2-6(8)1-5-3-11(9,10)4-5/h5H,1-4,7H2. The number of carbonyl (C=O) groups excluding carboxylic acids is 1. The van der Waals surface area contributed by atoms with Crippen molar-refractivity contribution in [1.82, 2.24) is 0 Å². The maximum Gasteiger partial charge on any atom is 0.150 e. The zero-order valence-corrected chi connectivity index (χ0v) is 6.93. The van der Waals surface area contributed by atoms with Gasteiger partial charge >= 0.3 is 0 Å². The van der Waals surface area contributed by atoms with E-state index < -0.39 is 9.84 Å². The van der Waals surface area contributed by atoms with Gasteiger partial charge in [-0.3, -0.25) is 4.79 Å². The summed E-state index contributed by atoms with van der Waals surface area (Å²) >= 11 is 0. The minimum absolute atomic E-state index is 0.0244. The molecule has 0 aliphatic carbocycles. The molecule has 0 saturated carbocycles. The van der Waals surface area contributed by atoms with Crippen LogP contribution >= 0.6 is 0 Å². The van der Waals surface area contributed by atoms with E-state index in [1.54, 1.807) is 0 Å². The Morgan fingerprint density at radius 2 is 2.00 bits per heavy atom. The van der Waals surface area contributed by atoms with Crippen molar-refractivity contribution in [2.24, 2.45) is 11.7 Å². The second kappa shape index (κ2) is 2.91. The molecular weight excluding hydrogens is 166 g/mol. The topological polar surface area (TPSA) is 77.2 Å². The largest absolute Gasteiger partial charge is 0.324 e. The summed E-state index contributed by atoms with van der Waals surface area (Å²) in [7, 11) is -2.78. The van der Waals surface area contributed by atoms with E-state index in [4.69, 9.17) is 5.73 Å². The summed E-state index contributed by atoms with van der Waals surface area (Å²) in [5.41, 5.74) is 5.07. The van der Waals surface area contributed by atoms with Crippen LogP contribution in [-0.2, 0) is 14.6 Å². The second-order valence-corrected chi connectivity index (χ2v) is 5.04. The van der Waals surface area contributed by atoms with Gasteiger partial charge in [-0.25, -0.2) is 8.42 Å². The average molecular weight is 177 g/mol. The molecule has 0 spiro atoms. The molecule has 0 aromatic rings. The predicted molar refractivity (Wildman–Crippen MR) is 40.8 cm³/mol. The van der Waals surface area contributed by atoms with Crippen molar-refractivity contribution < 1.29 is 13.2 Å². The first-order valence-corrected chi connectivity index (χ1v) is 5.28. The van der Waals surface area contributed by atoms with E-state index in [9.17, 15) is 13.2 Å². The lowest BCUT2D eigenvalue weighted by Gasteiger charge is -2.24. The Balaban J connectivity index is 2.29. The van der Waals surface area contributed by atoms with Crippen molar-refractivity contribution in [2.75, 3.05) is 18.1 Å². The predicted octanol–water partition coefficient (Wildman–Crippen LogP) is -1.05. The number of nitrogens with two attached hydrogens (primary N) is 1. The monoisotopic (exact) mass is 177 g/mol. The van der Waals surface area contributed by atoms with Crippen LogP contribution in [0.4, 0.5) is 0 Å². The van der Waals surface area contributed by atoms with Gasteiger partial charge in [0.15, 0.2) is 9.84 Å². The van der Waals surface area contributed by atoms with E-state index in [1.807, 2.05) is 0 Å². The Labute approximate surface area is 65.7 Å². The fourth-order valence-corrected chi connectivity index (χ4v) is 2.77. The summed E-state index contributed by atoms with van der Waals surface area (Å²) in [5, 5.41) is 0. The summed E-state index contributed by atoms with van der Waals surface area (Å²) in [4.78, 5) is 10.7. The van der Waals surface area contributed by atoms with Gasteiger partial charge < -0.3 is 5.73 Å². The van der Waals surface area contributed by atoms with Crippen molar-refractivity contribution >= 4 is 15.6 Å². The first-order chi connectivity index (χ1) is 5.03. The van der Waals surface area contributed by atoms with Crippen molar-refractivity contribution in [3.05, 3.63) is 0 Å². The molecule has 0 unspecified atom stereocenters. The second-order valence-electron chi connectivity index (χ2n) is 2.89. The minimum atomic E-state index is -2.78. The van der Waals surface area contributed by atoms with Gasteiger partial charge in [-0.05, 0) is 5.92 Å². The van der Waals surface area contributed by atoms with Crippen molar-refractivity contribution in [3.8, 4) is 0 Å². The number of hydrogen-bond acceptors (Lipinski definition) is 4. The average Bonchev–Trinajstić information content (AvgIpc) is 1.83. The van der Waals surface area contributed by atoms with Gasteiger partial charge in [0.2, 0.25) is 0 Å². The molecule has 0 atom stereocenters. The van der Waals surface area contributed by atoms with Crippen LogP contribution in [0.25, 0.3) is 0 Å². The molecule has 1 saturated heterocycles. The zero-order chi connectivity index (χ0) is 8.48. The fourth-order valence-electron chi connectivity index (χ4n) is 1.19. The first kappa shape index (κ1) is 8.67. The molecule has 11 heavy (non-hydrogen) atoms. The highest BCUT2D eigenvalue weighted by Crippen LogP contribution is 2.21. The quantitative estimate of drug-likeness (QED) is 0.596. The van der Waals surface area contributed by atoms with Gasteiger partial charge in [-0.2, -0.15) is 0 Å². The van der Waals surface area contributed by atoms with E-state index in [1.165, 1.54) is 0 Å². The van der Waals surface area contributed by atoms with E-state index in [-0.39, 0.29) is 29.8 Å². The lowest BCUT2D eigenvalue weighted by Crippen LogP contribution is -2.38. The normalized spacial score (nSPS) is 22.6. The smallest absolute Gasteiger partial charge is 0.150 e. The van der Waals surface area contributed by atoms with Crippen LogP contribution in [0, 0.1) is 5.92 Å². The third-order valence-electron chi connectivity index (χ3n) is 1.72. The van der Waals surface area contributed by atoms with Crippen molar-refractivity contribution in [1.29, 1.82) is 0 Å². The Bertz CT molecular complexity index is 245. The number of hydrogen-bond donors (Lipinski definition) is 1. The summed E-state index contributed by atoms with van der Waals surface area (Å²) < 4.78 is 21.2. The Kier molecular flexibility index (Phi) is 2.29. The lowest BCUT2D eigenvalue weighted by atomic mass is 10.1. The van der Waals surface area contributed by atoms with Crippen LogP contribution < -0.4 is 5.73 Å². The highest BCUT2D eigenvalue weighted by molar-refractivity contribution is 7.92. The summed E-state index contributed by atoms with van der Waals surface area (Å²) in [6.07, 6.45) is 0.329. The number of carbonyl (C=O) groups is 1. The van der Waals surface area contributed by atoms with E-state index in [0.717, 1.165) is 0 Å². The molecular formula is C6H11NO3S. The number of rotatable bonds is 3. The number of Topliss-reactive ketones (excluding diaryl/α,β-unsaturated/α-hetero) is 1. The molecule has 1 aliphatic heterocycles. The van der Waals surface area contributed by atoms with Crippen LogP contribution in [0.1, 0.15) is 6.42 Å². The number of sulfone groups is 1. The fraction of sp³-hybridized carbons (Fsp3) is 0.833. The third-order valence-corrected chi connectivity index (χ3v) is 3.68. The molecule has 0 bridgehead atoms. The van der Waals surface area contributed by atoms with E-state index in [0.29, 0.717) is 6.42 Å². The third kappa shape index (κ3) is 2.27. The maximum atomic E-state index is 10.7. The molecule has 0 radical (unpaired) electrons. The van der Waals surface area contributed by atoms with Crippen LogP contribution in [0.2, 0.25) is 0 Å². The van der Waals surface area contributed by atoms with Gasteiger partial charge in [-0.1, -0.05) is 0 Å².